The number of phenols is 1. The Labute approximate surface area is 322 Å². The van der Waals surface area contributed by atoms with Crippen molar-refractivity contribution in [3.8, 4) is 11.5 Å². The van der Waals surface area contributed by atoms with Gasteiger partial charge in [-0.3, -0.25) is 24.6 Å². The largest absolute Gasteiger partial charge is 0.508 e. The molecule has 10 nitrogen and oxygen atoms in total. The standard InChI is InChI=1S/C45H48N4O6/c50-37-13-7-31(8-14-37)6-11-34(33-4-2-1-3-5-33)26-32-9-15-38(16-10-32)54-30-40-18-17-39(55-40)29-47-22-24-48(25-23-47)36-12-19-41-35(27-36)28-49(45(41)53)42-20-21-43(51)46-44(42)52/h1-5,7-10,12-16,19,26-27,39-40,42,50H,6,11,17-18,20-25,28-30H2,(H,46,51,52)/b34-26-. The smallest absolute Gasteiger partial charge is 0.255 e. The maximum atomic E-state index is 13.1. The average molecular weight is 741 g/mol. The molecule has 0 aliphatic carbocycles. The summed E-state index contributed by atoms with van der Waals surface area (Å²) in [6.45, 7) is 5.47. The van der Waals surface area contributed by atoms with Gasteiger partial charge in [0.15, 0.2) is 0 Å². The van der Waals surface area contributed by atoms with Crippen molar-refractivity contribution in [1.29, 1.82) is 0 Å². The van der Waals surface area contributed by atoms with Gasteiger partial charge in [0.2, 0.25) is 11.8 Å². The van der Waals surface area contributed by atoms with E-state index in [0.717, 1.165) is 81.0 Å². The molecule has 3 amide bonds. The molecule has 10 heteroatoms. The van der Waals surface area contributed by atoms with Gasteiger partial charge in [-0.2, -0.15) is 0 Å². The highest BCUT2D eigenvalue weighted by Gasteiger charge is 2.39. The van der Waals surface area contributed by atoms with Gasteiger partial charge in [-0.25, -0.2) is 0 Å². The van der Waals surface area contributed by atoms with Gasteiger partial charge < -0.3 is 24.4 Å². The van der Waals surface area contributed by atoms with Crippen LogP contribution in [-0.4, -0.2) is 90.2 Å². The number of hydrogen-bond acceptors (Lipinski definition) is 8. The molecule has 3 atom stereocenters. The Kier molecular flexibility index (Phi) is 11.0. The highest BCUT2D eigenvalue weighted by Crippen LogP contribution is 2.32. The number of imide groups is 1. The lowest BCUT2D eigenvalue weighted by Crippen LogP contribution is -2.52. The van der Waals surface area contributed by atoms with Crippen LogP contribution in [0.25, 0.3) is 11.6 Å². The number of benzene rings is 4. The number of carbonyl (C=O) groups excluding carboxylic acids is 3. The van der Waals surface area contributed by atoms with E-state index in [-0.39, 0.29) is 42.1 Å². The van der Waals surface area contributed by atoms with Crippen LogP contribution in [0.3, 0.4) is 0 Å². The first-order chi connectivity index (χ1) is 26.8. The lowest BCUT2D eigenvalue weighted by Gasteiger charge is -2.37. The SMILES string of the molecule is O=C1CCC(N2Cc3cc(N4CCN(CC5CCC(COc6ccc(/C=C(/CCc7ccc(O)cc7)c7ccccc7)cc6)O5)CC4)ccc3C2=O)C(=O)N1. The van der Waals surface area contributed by atoms with Gasteiger partial charge in [-0.1, -0.05) is 60.7 Å². The summed E-state index contributed by atoms with van der Waals surface area (Å²) in [5.74, 6) is 0.324. The lowest BCUT2D eigenvalue weighted by molar-refractivity contribution is -0.136. The number of piperidine rings is 1. The van der Waals surface area contributed by atoms with Crippen molar-refractivity contribution in [3.63, 3.8) is 0 Å². The zero-order chi connectivity index (χ0) is 37.7. The Morgan fingerprint density at radius 1 is 0.855 bits per heavy atom. The molecule has 4 heterocycles. The Balaban J connectivity index is 0.784. The van der Waals surface area contributed by atoms with Crippen molar-refractivity contribution in [2.24, 2.45) is 0 Å². The van der Waals surface area contributed by atoms with Gasteiger partial charge in [-0.15, -0.1) is 0 Å². The fourth-order valence-electron chi connectivity index (χ4n) is 8.22. The number of carbonyl (C=O) groups is 3. The lowest BCUT2D eigenvalue weighted by atomic mass is 9.96. The monoisotopic (exact) mass is 740 g/mol. The third-order valence-corrected chi connectivity index (χ3v) is 11.3. The molecule has 0 radical (unpaired) electrons. The van der Waals surface area contributed by atoms with Crippen molar-refractivity contribution in [3.05, 3.63) is 125 Å². The summed E-state index contributed by atoms with van der Waals surface area (Å²) < 4.78 is 12.6. The molecule has 4 aliphatic heterocycles. The van der Waals surface area contributed by atoms with E-state index in [0.29, 0.717) is 25.1 Å². The van der Waals surface area contributed by atoms with Crippen LogP contribution < -0.4 is 15.0 Å². The van der Waals surface area contributed by atoms with Crippen LogP contribution in [0.4, 0.5) is 5.69 Å². The number of nitrogens with zero attached hydrogens (tertiary/aromatic N) is 3. The summed E-state index contributed by atoms with van der Waals surface area (Å²) >= 11 is 0. The van der Waals surface area contributed by atoms with Gasteiger partial charge in [0, 0.05) is 56.9 Å². The minimum absolute atomic E-state index is 0.0734. The molecule has 0 bridgehead atoms. The van der Waals surface area contributed by atoms with Gasteiger partial charge in [-0.05, 0) is 102 Å². The zero-order valence-corrected chi connectivity index (χ0v) is 31.1. The molecular weight excluding hydrogens is 693 g/mol. The summed E-state index contributed by atoms with van der Waals surface area (Å²) in [6.07, 6.45) is 6.90. The normalized spacial score (nSPS) is 21.9. The van der Waals surface area contributed by atoms with Crippen LogP contribution in [0, 0.1) is 0 Å². The topological polar surface area (TPSA) is 112 Å². The second-order valence-corrected chi connectivity index (χ2v) is 15.1. The molecule has 8 rings (SSSR count). The minimum Gasteiger partial charge on any atom is -0.508 e. The first kappa shape index (κ1) is 36.5. The van der Waals surface area contributed by atoms with Crippen molar-refractivity contribution in [2.45, 2.75) is 63.3 Å². The van der Waals surface area contributed by atoms with E-state index < -0.39 is 6.04 Å². The number of aryl methyl sites for hydroxylation is 1. The van der Waals surface area contributed by atoms with Gasteiger partial charge in [0.1, 0.15) is 24.1 Å². The summed E-state index contributed by atoms with van der Waals surface area (Å²) in [5.41, 5.74) is 7.45. The summed E-state index contributed by atoms with van der Waals surface area (Å²) in [4.78, 5) is 43.6. The number of rotatable bonds is 12. The molecule has 284 valence electrons. The predicted molar refractivity (Wildman–Crippen MR) is 212 cm³/mol. The highest BCUT2D eigenvalue weighted by molar-refractivity contribution is 6.05. The zero-order valence-electron chi connectivity index (χ0n) is 31.1. The fraction of sp³-hybridized carbons (Fsp3) is 0.356. The molecule has 4 aromatic rings. The maximum Gasteiger partial charge on any atom is 0.255 e. The number of anilines is 1. The quantitative estimate of drug-likeness (QED) is 0.133. The summed E-state index contributed by atoms with van der Waals surface area (Å²) in [5, 5.41) is 12.0. The van der Waals surface area contributed by atoms with Crippen LogP contribution in [0.1, 0.15) is 64.7 Å². The number of ether oxygens (including phenoxy) is 2. The highest BCUT2D eigenvalue weighted by atomic mass is 16.5. The molecule has 3 saturated heterocycles. The molecule has 0 aromatic heterocycles. The van der Waals surface area contributed by atoms with E-state index in [2.05, 4.69) is 63.7 Å². The number of fused-ring (bicyclic) bond motifs is 1. The van der Waals surface area contributed by atoms with Crippen LogP contribution in [0.2, 0.25) is 0 Å². The molecule has 0 spiro atoms. The van der Waals surface area contributed by atoms with Crippen molar-refractivity contribution < 1.29 is 29.0 Å². The molecule has 4 aromatic carbocycles. The Bertz CT molecular complexity index is 2020. The van der Waals surface area contributed by atoms with Gasteiger partial charge in [0.05, 0.1) is 12.2 Å². The van der Waals surface area contributed by atoms with Gasteiger partial charge in [0.25, 0.3) is 5.91 Å². The Morgan fingerprint density at radius 3 is 2.38 bits per heavy atom. The number of amides is 3. The number of aromatic hydroxyl groups is 1. The second kappa shape index (κ2) is 16.5. The number of hydrogen-bond donors (Lipinski definition) is 2. The van der Waals surface area contributed by atoms with E-state index in [1.165, 1.54) is 16.7 Å². The van der Waals surface area contributed by atoms with E-state index in [1.807, 2.05) is 42.5 Å². The van der Waals surface area contributed by atoms with Crippen molar-refractivity contribution in [1.82, 2.24) is 15.1 Å². The first-order valence-electron chi connectivity index (χ1n) is 19.5. The van der Waals surface area contributed by atoms with Gasteiger partial charge >= 0.3 is 0 Å². The van der Waals surface area contributed by atoms with Crippen molar-refractivity contribution >= 4 is 35.1 Å². The molecular formula is C45H48N4O6. The van der Waals surface area contributed by atoms with E-state index >= 15 is 0 Å². The molecule has 55 heavy (non-hydrogen) atoms. The molecule has 4 aliphatic rings. The van der Waals surface area contributed by atoms with E-state index in [1.54, 1.807) is 17.0 Å². The van der Waals surface area contributed by atoms with Crippen molar-refractivity contribution in [2.75, 3.05) is 44.2 Å². The number of piperazine rings is 1. The minimum atomic E-state index is -0.600. The van der Waals surface area contributed by atoms with Crippen LogP contribution in [0.5, 0.6) is 11.5 Å². The van der Waals surface area contributed by atoms with Crippen LogP contribution in [-0.2, 0) is 27.3 Å². The Hall–Kier alpha value is -5.45. The number of nitrogens with one attached hydrogen (secondary N) is 1. The third-order valence-electron chi connectivity index (χ3n) is 11.3. The van der Waals surface area contributed by atoms with Crippen LogP contribution in [0.15, 0.2) is 97.1 Å². The number of allylic oxidation sites excluding steroid dienone is 1. The average Bonchev–Trinajstić information content (AvgIpc) is 3.80. The fourth-order valence-corrected chi connectivity index (χ4v) is 8.22. The van der Waals surface area contributed by atoms with E-state index in [9.17, 15) is 19.5 Å². The predicted octanol–water partition coefficient (Wildman–Crippen LogP) is 6.08. The Morgan fingerprint density at radius 2 is 1.62 bits per heavy atom. The summed E-state index contributed by atoms with van der Waals surface area (Å²) in [7, 11) is 0. The first-order valence-corrected chi connectivity index (χ1v) is 19.5. The third kappa shape index (κ3) is 8.77. The second-order valence-electron chi connectivity index (χ2n) is 15.1. The molecule has 0 saturated carbocycles. The van der Waals surface area contributed by atoms with Crippen LogP contribution >= 0.6 is 0 Å². The maximum absolute atomic E-state index is 13.1. The number of phenolic OH excluding ortho intramolecular Hbond substituents is 1. The molecule has 2 N–H and O–H groups in total. The molecule has 3 fully saturated rings. The summed E-state index contributed by atoms with van der Waals surface area (Å²) in [6, 6.07) is 31.6. The van der Waals surface area contributed by atoms with E-state index in [4.69, 9.17) is 9.47 Å². The molecule has 3 unspecified atom stereocenters.